The number of rotatable bonds is 6. The van der Waals surface area contributed by atoms with Gasteiger partial charge >= 0.3 is 0 Å². The first-order chi connectivity index (χ1) is 11.3. The van der Waals surface area contributed by atoms with Gasteiger partial charge in [0.05, 0.1) is 5.69 Å². The predicted molar refractivity (Wildman–Crippen MR) is 97.0 cm³/mol. The van der Waals surface area contributed by atoms with Gasteiger partial charge in [-0.1, -0.05) is 29.8 Å². The Kier molecular flexibility index (Phi) is 5.78. The van der Waals surface area contributed by atoms with Gasteiger partial charge in [0.25, 0.3) is 0 Å². The van der Waals surface area contributed by atoms with Crippen molar-refractivity contribution in [2.45, 2.75) is 33.2 Å². The number of hydrogen-bond donors (Lipinski definition) is 1. The maximum atomic E-state index is 13.0. The normalized spacial score (nSPS) is 12.5. The van der Waals surface area contributed by atoms with E-state index in [-0.39, 0.29) is 11.9 Å². The summed E-state index contributed by atoms with van der Waals surface area (Å²) in [6.07, 6.45) is 0.810. The van der Waals surface area contributed by atoms with Crippen molar-refractivity contribution in [3.63, 3.8) is 0 Å². The third-order valence-corrected chi connectivity index (χ3v) is 4.50. The first-order valence-electron chi connectivity index (χ1n) is 8.29. The molecule has 1 aromatic carbocycles. The zero-order valence-corrected chi connectivity index (χ0v) is 15.6. The number of likely N-dealkylation sites (N-methyl/N-ethyl adjacent to an activating group) is 2. The van der Waals surface area contributed by atoms with Crippen molar-refractivity contribution in [1.82, 2.24) is 20.0 Å². The number of carbonyl (C=O) groups is 1. The lowest BCUT2D eigenvalue weighted by Crippen LogP contribution is -2.39. The molecule has 0 saturated heterocycles. The minimum atomic E-state index is -0.262. The number of carbonyl (C=O) groups excluding carboxylic acids is 1. The molecule has 0 unspecified atom stereocenters. The average molecular weight is 328 g/mol. The van der Waals surface area contributed by atoms with Crippen LogP contribution in [0.2, 0.25) is 0 Å². The van der Waals surface area contributed by atoms with Gasteiger partial charge in [-0.25, -0.2) is 0 Å². The molecular weight excluding hydrogens is 300 g/mol. The fraction of sp³-hybridized carbons (Fsp3) is 0.474. The average Bonchev–Trinajstić information content (AvgIpc) is 2.85. The SMILES string of the molecule is Cc1ccc([C@@H](C(=O)N(C)CCc2c(C)n[nH]c2C)N(C)C)cc1. The van der Waals surface area contributed by atoms with E-state index in [2.05, 4.69) is 29.3 Å². The van der Waals surface area contributed by atoms with Crippen LogP contribution in [-0.4, -0.2) is 53.6 Å². The maximum Gasteiger partial charge on any atom is 0.244 e. The van der Waals surface area contributed by atoms with Crippen LogP contribution >= 0.6 is 0 Å². The van der Waals surface area contributed by atoms with Crippen molar-refractivity contribution in [3.05, 3.63) is 52.3 Å². The fourth-order valence-corrected chi connectivity index (χ4v) is 2.95. The van der Waals surface area contributed by atoms with Crippen LogP contribution in [-0.2, 0) is 11.2 Å². The van der Waals surface area contributed by atoms with E-state index in [9.17, 15) is 4.79 Å². The zero-order chi connectivity index (χ0) is 17.9. The Morgan fingerprint density at radius 2 is 1.75 bits per heavy atom. The molecule has 1 heterocycles. The molecule has 0 aliphatic heterocycles. The lowest BCUT2D eigenvalue weighted by Gasteiger charge is -2.28. The first-order valence-corrected chi connectivity index (χ1v) is 8.29. The fourth-order valence-electron chi connectivity index (χ4n) is 2.95. The van der Waals surface area contributed by atoms with Crippen molar-refractivity contribution < 1.29 is 4.79 Å². The first kappa shape index (κ1) is 18.2. The molecule has 2 aromatic rings. The molecule has 0 radical (unpaired) electrons. The second-order valence-electron chi connectivity index (χ2n) is 6.70. The molecule has 0 fully saturated rings. The van der Waals surface area contributed by atoms with Crippen LogP contribution in [0.4, 0.5) is 0 Å². The Morgan fingerprint density at radius 1 is 1.12 bits per heavy atom. The van der Waals surface area contributed by atoms with Crippen molar-refractivity contribution in [2.75, 3.05) is 27.7 Å². The summed E-state index contributed by atoms with van der Waals surface area (Å²) in [4.78, 5) is 16.7. The summed E-state index contributed by atoms with van der Waals surface area (Å²) in [7, 11) is 5.76. The van der Waals surface area contributed by atoms with Crippen molar-refractivity contribution >= 4 is 5.91 Å². The molecule has 0 aliphatic rings. The predicted octanol–water partition coefficient (Wildman–Crippen LogP) is 2.64. The van der Waals surface area contributed by atoms with E-state index in [1.165, 1.54) is 11.1 Å². The highest BCUT2D eigenvalue weighted by atomic mass is 16.2. The minimum Gasteiger partial charge on any atom is -0.344 e. The summed E-state index contributed by atoms with van der Waals surface area (Å²) in [5.74, 6) is 0.114. The molecule has 2 rings (SSSR count). The largest absolute Gasteiger partial charge is 0.344 e. The molecule has 1 aromatic heterocycles. The molecule has 130 valence electrons. The number of nitrogens with one attached hydrogen (secondary N) is 1. The van der Waals surface area contributed by atoms with Crippen LogP contribution in [0.5, 0.6) is 0 Å². The highest BCUT2D eigenvalue weighted by molar-refractivity contribution is 5.83. The highest BCUT2D eigenvalue weighted by Gasteiger charge is 2.26. The quantitative estimate of drug-likeness (QED) is 0.887. The number of H-pyrrole nitrogens is 1. The Hall–Kier alpha value is -2.14. The Balaban J connectivity index is 2.10. The van der Waals surface area contributed by atoms with Crippen LogP contribution in [0.15, 0.2) is 24.3 Å². The van der Waals surface area contributed by atoms with E-state index >= 15 is 0 Å². The van der Waals surface area contributed by atoms with Gasteiger partial charge < -0.3 is 4.90 Å². The summed E-state index contributed by atoms with van der Waals surface area (Å²) in [5.41, 5.74) is 5.51. The number of hydrogen-bond acceptors (Lipinski definition) is 3. The molecule has 1 atom stereocenters. The summed E-state index contributed by atoms with van der Waals surface area (Å²) < 4.78 is 0. The van der Waals surface area contributed by atoms with E-state index in [1.54, 1.807) is 0 Å². The Morgan fingerprint density at radius 3 is 2.25 bits per heavy atom. The van der Waals surface area contributed by atoms with Gasteiger partial charge in [-0.05, 0) is 52.4 Å². The van der Waals surface area contributed by atoms with Gasteiger partial charge in [-0.3, -0.25) is 14.8 Å². The van der Waals surface area contributed by atoms with Gasteiger partial charge in [0.15, 0.2) is 0 Å². The number of aromatic nitrogens is 2. The molecular formula is C19H28N4O. The topological polar surface area (TPSA) is 52.2 Å². The molecule has 5 heteroatoms. The van der Waals surface area contributed by atoms with Crippen LogP contribution in [0.3, 0.4) is 0 Å². The molecule has 0 spiro atoms. The minimum absolute atomic E-state index is 0.114. The summed E-state index contributed by atoms with van der Waals surface area (Å²) in [5, 5.41) is 7.22. The Bertz CT molecular complexity index is 668. The van der Waals surface area contributed by atoms with E-state index in [4.69, 9.17) is 0 Å². The summed E-state index contributed by atoms with van der Waals surface area (Å²) >= 11 is 0. The molecule has 24 heavy (non-hydrogen) atoms. The van der Waals surface area contributed by atoms with Gasteiger partial charge in [-0.2, -0.15) is 5.10 Å². The number of nitrogens with zero attached hydrogens (tertiary/aromatic N) is 3. The molecule has 0 aliphatic carbocycles. The third kappa shape index (κ3) is 4.03. The lowest BCUT2D eigenvalue weighted by molar-refractivity contribution is -0.135. The second-order valence-corrected chi connectivity index (χ2v) is 6.70. The standard InChI is InChI=1S/C19H28N4O/c1-13-7-9-16(10-8-13)18(22(4)5)19(24)23(6)12-11-17-14(2)20-21-15(17)3/h7-10,18H,11-12H2,1-6H3,(H,20,21)/t18-/m0/s1. The van der Waals surface area contributed by atoms with Crippen molar-refractivity contribution in [3.8, 4) is 0 Å². The number of aryl methyl sites for hydroxylation is 3. The molecule has 0 bridgehead atoms. The molecule has 1 N–H and O–H groups in total. The maximum absolute atomic E-state index is 13.0. The summed E-state index contributed by atoms with van der Waals surface area (Å²) in [6.45, 7) is 6.75. The van der Waals surface area contributed by atoms with Crippen LogP contribution in [0.25, 0.3) is 0 Å². The molecule has 0 saturated carbocycles. The lowest BCUT2D eigenvalue weighted by atomic mass is 10.0. The van der Waals surface area contributed by atoms with Crippen LogP contribution in [0, 0.1) is 20.8 Å². The highest BCUT2D eigenvalue weighted by Crippen LogP contribution is 2.21. The Labute approximate surface area is 144 Å². The van der Waals surface area contributed by atoms with Gasteiger partial charge in [-0.15, -0.1) is 0 Å². The van der Waals surface area contributed by atoms with Crippen LogP contribution in [0.1, 0.15) is 34.1 Å². The monoisotopic (exact) mass is 328 g/mol. The van der Waals surface area contributed by atoms with E-state index in [0.29, 0.717) is 6.54 Å². The number of benzene rings is 1. The second kappa shape index (κ2) is 7.62. The van der Waals surface area contributed by atoms with Gasteiger partial charge in [0, 0.05) is 19.3 Å². The molecule has 5 nitrogen and oxygen atoms in total. The van der Waals surface area contributed by atoms with E-state index in [0.717, 1.165) is 23.4 Å². The van der Waals surface area contributed by atoms with Crippen LogP contribution < -0.4 is 0 Å². The van der Waals surface area contributed by atoms with Crippen molar-refractivity contribution in [1.29, 1.82) is 0 Å². The van der Waals surface area contributed by atoms with E-state index < -0.39 is 0 Å². The number of amides is 1. The number of aromatic amines is 1. The van der Waals surface area contributed by atoms with Gasteiger partial charge in [0.1, 0.15) is 6.04 Å². The zero-order valence-electron chi connectivity index (χ0n) is 15.6. The van der Waals surface area contributed by atoms with Crippen molar-refractivity contribution in [2.24, 2.45) is 0 Å². The van der Waals surface area contributed by atoms with E-state index in [1.807, 2.05) is 56.9 Å². The smallest absolute Gasteiger partial charge is 0.244 e. The molecule has 1 amide bonds. The third-order valence-electron chi connectivity index (χ3n) is 4.50. The summed E-state index contributed by atoms with van der Waals surface area (Å²) in [6, 6.07) is 7.92. The van der Waals surface area contributed by atoms with Gasteiger partial charge in [0.2, 0.25) is 5.91 Å².